The minimum absolute atomic E-state index is 0.0251. The Balaban J connectivity index is 1.91. The summed E-state index contributed by atoms with van der Waals surface area (Å²) in [5, 5.41) is 10.5. The summed E-state index contributed by atoms with van der Waals surface area (Å²) < 4.78 is 12.9. The number of phenolic OH excluding ortho intramolecular Hbond substituents is 1. The number of allylic oxidation sites excluding steroid dienone is 1. The highest BCUT2D eigenvalue weighted by atomic mass is 35.5. The molecule has 1 unspecified atom stereocenters. The lowest BCUT2D eigenvalue weighted by molar-refractivity contribution is -0.143. The van der Waals surface area contributed by atoms with Crippen molar-refractivity contribution in [2.24, 2.45) is 4.99 Å². The van der Waals surface area contributed by atoms with Gasteiger partial charge in [0.15, 0.2) is 16.3 Å². The first kappa shape index (κ1) is 24.8. The summed E-state index contributed by atoms with van der Waals surface area (Å²) in [6.45, 7) is 7.51. The van der Waals surface area contributed by atoms with Gasteiger partial charge in [-0.3, -0.25) is 9.36 Å². The molecular formula is C26H25ClN2O5S. The lowest BCUT2D eigenvalue weighted by atomic mass is 9.96. The summed E-state index contributed by atoms with van der Waals surface area (Å²) in [5.74, 6) is -0.157. The molecule has 0 saturated heterocycles. The lowest BCUT2D eigenvalue weighted by Crippen LogP contribution is -2.40. The van der Waals surface area contributed by atoms with E-state index in [2.05, 4.69) is 4.99 Å². The third-order valence-corrected chi connectivity index (χ3v) is 6.59. The molecule has 9 heteroatoms. The standard InChI is InChI=1S/C26H25ClN2O5S/c1-5-33-20-12-16(6-11-19(20)30)13-21-24(31)29-23(17-7-9-18(27)10-8-17)22(25(32)34-14(2)3)15(4)28-26(29)35-21/h6-14,23,30H,5H2,1-4H3. The third-order valence-electron chi connectivity index (χ3n) is 5.35. The van der Waals surface area contributed by atoms with Gasteiger partial charge in [0, 0.05) is 5.02 Å². The van der Waals surface area contributed by atoms with Gasteiger partial charge >= 0.3 is 5.97 Å². The van der Waals surface area contributed by atoms with Crippen LogP contribution >= 0.6 is 22.9 Å². The molecule has 1 atom stereocenters. The van der Waals surface area contributed by atoms with Gasteiger partial charge in [-0.25, -0.2) is 9.79 Å². The van der Waals surface area contributed by atoms with Crippen LogP contribution in [0.4, 0.5) is 0 Å². The second-order valence-corrected chi connectivity index (χ2v) is 9.69. The van der Waals surface area contributed by atoms with Crippen molar-refractivity contribution < 1.29 is 19.4 Å². The summed E-state index contributed by atoms with van der Waals surface area (Å²) in [7, 11) is 0. The van der Waals surface area contributed by atoms with Crippen molar-refractivity contribution in [1.82, 2.24) is 4.57 Å². The number of nitrogens with zero attached hydrogens (tertiary/aromatic N) is 2. The number of benzene rings is 2. The number of carbonyl (C=O) groups is 1. The Hall–Kier alpha value is -3.36. The molecule has 35 heavy (non-hydrogen) atoms. The summed E-state index contributed by atoms with van der Waals surface area (Å²) in [6, 6.07) is 11.2. The summed E-state index contributed by atoms with van der Waals surface area (Å²) in [6.07, 6.45) is 1.39. The molecule has 0 spiro atoms. The van der Waals surface area contributed by atoms with Crippen LogP contribution in [0.3, 0.4) is 0 Å². The fourth-order valence-electron chi connectivity index (χ4n) is 3.86. The number of phenols is 1. The second kappa shape index (κ2) is 10.1. The number of carbonyl (C=O) groups excluding carboxylic acids is 1. The second-order valence-electron chi connectivity index (χ2n) is 8.25. The average Bonchev–Trinajstić information content (AvgIpc) is 3.10. The lowest BCUT2D eigenvalue weighted by Gasteiger charge is -2.25. The van der Waals surface area contributed by atoms with E-state index in [0.29, 0.717) is 43.5 Å². The average molecular weight is 513 g/mol. The maximum atomic E-state index is 13.6. The number of aromatic nitrogens is 1. The Morgan fingerprint density at radius 3 is 2.63 bits per heavy atom. The van der Waals surface area contributed by atoms with Crippen molar-refractivity contribution in [2.75, 3.05) is 6.61 Å². The van der Waals surface area contributed by atoms with Crippen molar-refractivity contribution in [3.8, 4) is 11.5 Å². The molecule has 1 aliphatic heterocycles. The smallest absolute Gasteiger partial charge is 0.338 e. The molecule has 0 saturated carbocycles. The van der Waals surface area contributed by atoms with E-state index < -0.39 is 12.0 Å². The van der Waals surface area contributed by atoms with Crippen LogP contribution in [0.2, 0.25) is 5.02 Å². The van der Waals surface area contributed by atoms with Crippen molar-refractivity contribution in [3.05, 3.63) is 89.6 Å². The number of thiazole rings is 1. The number of fused-ring (bicyclic) bond motifs is 1. The summed E-state index contributed by atoms with van der Waals surface area (Å²) in [5.41, 5.74) is 1.92. The third kappa shape index (κ3) is 5.04. The predicted molar refractivity (Wildman–Crippen MR) is 136 cm³/mol. The molecule has 0 amide bonds. The molecule has 0 bridgehead atoms. The monoisotopic (exact) mass is 512 g/mol. The number of hydrogen-bond donors (Lipinski definition) is 1. The number of esters is 1. The van der Waals surface area contributed by atoms with Crippen LogP contribution in [0.25, 0.3) is 6.08 Å². The molecule has 3 aromatic rings. The summed E-state index contributed by atoms with van der Waals surface area (Å²) >= 11 is 7.32. The number of ether oxygens (including phenoxy) is 2. The molecule has 2 aromatic carbocycles. The molecule has 0 fully saturated rings. The van der Waals surface area contributed by atoms with Gasteiger partial charge in [0.05, 0.1) is 34.6 Å². The molecule has 2 heterocycles. The van der Waals surface area contributed by atoms with Crippen LogP contribution in [0.5, 0.6) is 11.5 Å². The number of rotatable bonds is 6. The minimum Gasteiger partial charge on any atom is -0.504 e. The van der Waals surface area contributed by atoms with Crippen LogP contribution in [-0.2, 0) is 9.53 Å². The van der Waals surface area contributed by atoms with Gasteiger partial charge < -0.3 is 14.6 Å². The van der Waals surface area contributed by atoms with Gasteiger partial charge in [-0.05, 0) is 69.2 Å². The topological polar surface area (TPSA) is 90.1 Å². The first-order chi connectivity index (χ1) is 16.7. The zero-order valence-corrected chi connectivity index (χ0v) is 21.3. The van der Waals surface area contributed by atoms with E-state index in [1.54, 1.807) is 63.2 Å². The van der Waals surface area contributed by atoms with Gasteiger partial charge in [0.2, 0.25) is 0 Å². The molecular weight excluding hydrogens is 488 g/mol. The molecule has 7 nitrogen and oxygen atoms in total. The zero-order valence-electron chi connectivity index (χ0n) is 19.7. The Labute approximate surface area is 211 Å². The normalized spacial score (nSPS) is 15.7. The molecule has 0 radical (unpaired) electrons. The Kier molecular flexibility index (Phi) is 7.14. The Morgan fingerprint density at radius 1 is 1.26 bits per heavy atom. The number of hydrogen-bond acceptors (Lipinski definition) is 7. The van der Waals surface area contributed by atoms with Gasteiger partial charge in [-0.1, -0.05) is 41.1 Å². The van der Waals surface area contributed by atoms with Crippen LogP contribution < -0.4 is 19.6 Å². The van der Waals surface area contributed by atoms with E-state index in [0.717, 1.165) is 5.56 Å². The van der Waals surface area contributed by atoms with Crippen molar-refractivity contribution in [3.63, 3.8) is 0 Å². The van der Waals surface area contributed by atoms with E-state index in [1.165, 1.54) is 22.0 Å². The highest BCUT2D eigenvalue weighted by molar-refractivity contribution is 7.07. The number of halogens is 1. The Bertz CT molecular complexity index is 1490. The highest BCUT2D eigenvalue weighted by Gasteiger charge is 2.33. The summed E-state index contributed by atoms with van der Waals surface area (Å²) in [4.78, 5) is 31.8. The Morgan fingerprint density at radius 2 is 1.97 bits per heavy atom. The zero-order chi connectivity index (χ0) is 25.3. The van der Waals surface area contributed by atoms with E-state index >= 15 is 0 Å². The fraction of sp³-hybridized carbons (Fsp3) is 0.269. The van der Waals surface area contributed by atoms with Crippen LogP contribution in [0, 0.1) is 0 Å². The molecule has 1 aliphatic rings. The van der Waals surface area contributed by atoms with Gasteiger partial charge in [0.25, 0.3) is 5.56 Å². The van der Waals surface area contributed by atoms with Crippen LogP contribution in [-0.4, -0.2) is 28.4 Å². The minimum atomic E-state index is -0.712. The number of aromatic hydroxyl groups is 1. The van der Waals surface area contributed by atoms with E-state index in [1.807, 2.05) is 6.92 Å². The van der Waals surface area contributed by atoms with Gasteiger partial charge in [0.1, 0.15) is 0 Å². The first-order valence-electron chi connectivity index (χ1n) is 11.1. The van der Waals surface area contributed by atoms with Crippen molar-refractivity contribution in [2.45, 2.75) is 39.8 Å². The molecule has 182 valence electrons. The molecule has 1 aromatic heterocycles. The molecule has 4 rings (SSSR count). The van der Waals surface area contributed by atoms with Crippen LogP contribution in [0.1, 0.15) is 44.9 Å². The van der Waals surface area contributed by atoms with E-state index in [9.17, 15) is 14.7 Å². The molecule has 1 N–H and O–H groups in total. The van der Waals surface area contributed by atoms with Crippen molar-refractivity contribution in [1.29, 1.82) is 0 Å². The van der Waals surface area contributed by atoms with Gasteiger partial charge in [-0.2, -0.15) is 0 Å². The SMILES string of the molecule is CCOc1cc(C=c2sc3n(c2=O)C(c2ccc(Cl)cc2)C(C(=O)OC(C)C)=C(C)N=3)ccc1O. The van der Waals surface area contributed by atoms with Crippen molar-refractivity contribution >= 4 is 35.0 Å². The quantitative estimate of drug-likeness (QED) is 0.505. The fourth-order valence-corrected chi connectivity index (χ4v) is 5.04. The first-order valence-corrected chi connectivity index (χ1v) is 12.3. The largest absolute Gasteiger partial charge is 0.504 e. The maximum Gasteiger partial charge on any atom is 0.338 e. The van der Waals surface area contributed by atoms with E-state index in [4.69, 9.17) is 21.1 Å². The van der Waals surface area contributed by atoms with Crippen LogP contribution in [0.15, 0.2) is 63.5 Å². The van der Waals surface area contributed by atoms with Gasteiger partial charge in [-0.15, -0.1) is 0 Å². The van der Waals surface area contributed by atoms with E-state index in [-0.39, 0.29) is 17.4 Å². The predicted octanol–water partition coefficient (Wildman–Crippen LogP) is 3.94. The highest BCUT2D eigenvalue weighted by Crippen LogP contribution is 2.32. The maximum absolute atomic E-state index is 13.6. The molecule has 0 aliphatic carbocycles.